The fourth-order valence-electron chi connectivity index (χ4n) is 6.18. The van der Waals surface area contributed by atoms with Crippen LogP contribution in [-0.2, 0) is 25.7 Å². The first-order valence-corrected chi connectivity index (χ1v) is 11.1. The van der Waals surface area contributed by atoms with E-state index in [1.165, 1.54) is 66.1 Å². The van der Waals surface area contributed by atoms with Crippen LogP contribution in [0, 0.1) is 0 Å². The maximum Gasteiger partial charge on any atom is -0.00104 e. The molecule has 140 valence electrons. The van der Waals surface area contributed by atoms with Crippen LogP contribution in [0.2, 0.25) is 0 Å². The van der Waals surface area contributed by atoms with Crippen molar-refractivity contribution in [2.24, 2.45) is 0 Å². The first-order valence-electron chi connectivity index (χ1n) is 11.1. The largest absolute Gasteiger partial charge is 0.0795 e. The summed E-state index contributed by atoms with van der Waals surface area (Å²) < 4.78 is 0. The molecule has 0 heterocycles. The highest BCUT2D eigenvalue weighted by atomic mass is 14.3. The SMILES string of the molecule is C1=Cc2cc3cc4c(cc3cc2C1)CC1=C4Cc2cc3cc4c(cc3cc21)C=CC4. The zero-order valence-electron chi connectivity index (χ0n) is 16.8. The molecule has 0 heteroatoms. The second-order valence-corrected chi connectivity index (χ2v) is 9.34. The van der Waals surface area contributed by atoms with E-state index in [1.54, 1.807) is 11.1 Å². The molecule has 4 aromatic rings. The first-order chi connectivity index (χ1) is 14.8. The van der Waals surface area contributed by atoms with Crippen LogP contribution in [0.4, 0.5) is 0 Å². The minimum atomic E-state index is 1.08. The predicted molar refractivity (Wildman–Crippen MR) is 128 cm³/mol. The molecule has 0 aliphatic heterocycles. The van der Waals surface area contributed by atoms with Gasteiger partial charge in [-0.2, -0.15) is 0 Å². The summed E-state index contributed by atoms with van der Waals surface area (Å²) in [5.41, 5.74) is 14.9. The molecule has 4 aliphatic rings. The molecular weight excluding hydrogens is 360 g/mol. The summed E-state index contributed by atoms with van der Waals surface area (Å²) >= 11 is 0. The van der Waals surface area contributed by atoms with E-state index in [2.05, 4.69) is 72.8 Å². The van der Waals surface area contributed by atoms with Gasteiger partial charge in [-0.3, -0.25) is 0 Å². The Kier molecular flexibility index (Phi) is 2.68. The van der Waals surface area contributed by atoms with Crippen LogP contribution in [0.25, 0.3) is 44.8 Å². The van der Waals surface area contributed by atoms with Crippen LogP contribution in [0.1, 0.15) is 44.5 Å². The minimum absolute atomic E-state index is 1.08. The number of rotatable bonds is 0. The van der Waals surface area contributed by atoms with E-state index in [0.717, 1.165) is 25.7 Å². The molecule has 0 atom stereocenters. The van der Waals surface area contributed by atoms with Crippen molar-refractivity contribution in [2.45, 2.75) is 25.7 Å². The van der Waals surface area contributed by atoms with E-state index >= 15 is 0 Å². The third-order valence-electron chi connectivity index (χ3n) is 7.66. The number of benzene rings is 4. The van der Waals surface area contributed by atoms with Gasteiger partial charge in [0.25, 0.3) is 0 Å². The van der Waals surface area contributed by atoms with Crippen LogP contribution >= 0.6 is 0 Å². The Balaban J connectivity index is 1.29. The topological polar surface area (TPSA) is 0 Å². The maximum absolute atomic E-state index is 2.46. The molecule has 30 heavy (non-hydrogen) atoms. The molecular formula is C30H20. The molecule has 0 unspecified atom stereocenters. The van der Waals surface area contributed by atoms with Gasteiger partial charge in [-0.25, -0.2) is 0 Å². The van der Waals surface area contributed by atoms with Crippen molar-refractivity contribution in [3.63, 3.8) is 0 Å². The smallest absolute Gasteiger partial charge is 0.00104 e. The molecule has 0 amide bonds. The Morgan fingerprint density at radius 1 is 0.433 bits per heavy atom. The summed E-state index contributed by atoms with van der Waals surface area (Å²) in [6.45, 7) is 0. The highest BCUT2D eigenvalue weighted by molar-refractivity contribution is 6.07. The van der Waals surface area contributed by atoms with Crippen molar-refractivity contribution in [3.8, 4) is 0 Å². The predicted octanol–water partition coefficient (Wildman–Crippen LogP) is 7.15. The Labute approximate surface area is 175 Å². The van der Waals surface area contributed by atoms with Crippen molar-refractivity contribution in [1.29, 1.82) is 0 Å². The van der Waals surface area contributed by atoms with Crippen LogP contribution in [-0.4, -0.2) is 0 Å². The Morgan fingerprint density at radius 2 is 0.867 bits per heavy atom. The molecule has 4 aromatic carbocycles. The standard InChI is InChI=1S/C30H20/c1-3-17-7-21-11-25-15-30-28-14-24-10-20-6-2-4-18(20)8-22(24)12-26(28)16-29(30)27(25)13-23(21)9-19(17)5-1/h1-2,5-14H,3-4,15-16H2. The lowest BCUT2D eigenvalue weighted by Crippen LogP contribution is -1.94. The van der Waals surface area contributed by atoms with Gasteiger partial charge < -0.3 is 0 Å². The molecule has 8 rings (SSSR count). The monoisotopic (exact) mass is 380 g/mol. The van der Waals surface area contributed by atoms with Crippen molar-refractivity contribution < 1.29 is 0 Å². The van der Waals surface area contributed by atoms with Crippen molar-refractivity contribution in [3.05, 3.63) is 105 Å². The van der Waals surface area contributed by atoms with Crippen molar-refractivity contribution in [1.82, 2.24) is 0 Å². The van der Waals surface area contributed by atoms with Gasteiger partial charge in [0.2, 0.25) is 0 Å². The lowest BCUT2D eigenvalue weighted by atomic mass is 9.92. The fourth-order valence-corrected chi connectivity index (χ4v) is 6.18. The number of hydrogen-bond donors (Lipinski definition) is 0. The van der Waals surface area contributed by atoms with E-state index < -0.39 is 0 Å². The highest BCUT2D eigenvalue weighted by Gasteiger charge is 2.30. The van der Waals surface area contributed by atoms with Crippen LogP contribution in [0.15, 0.2) is 60.7 Å². The summed E-state index contributed by atoms with van der Waals surface area (Å²) in [7, 11) is 0. The average Bonchev–Trinajstić information content (AvgIpc) is 3.51. The van der Waals surface area contributed by atoms with Crippen LogP contribution < -0.4 is 0 Å². The number of allylic oxidation sites excluding steroid dienone is 4. The second-order valence-electron chi connectivity index (χ2n) is 9.34. The zero-order valence-corrected chi connectivity index (χ0v) is 16.8. The van der Waals surface area contributed by atoms with Gasteiger partial charge in [0.15, 0.2) is 0 Å². The van der Waals surface area contributed by atoms with Gasteiger partial charge in [0, 0.05) is 0 Å². The Bertz CT molecular complexity index is 1450. The highest BCUT2D eigenvalue weighted by Crippen LogP contribution is 2.48. The molecule has 0 spiro atoms. The quantitative estimate of drug-likeness (QED) is 0.304. The zero-order chi connectivity index (χ0) is 19.4. The van der Waals surface area contributed by atoms with E-state index in [9.17, 15) is 0 Å². The van der Waals surface area contributed by atoms with Gasteiger partial charge in [-0.05, 0) is 127 Å². The third kappa shape index (κ3) is 1.92. The molecule has 0 nitrogen and oxygen atoms in total. The molecule has 0 saturated heterocycles. The van der Waals surface area contributed by atoms with Crippen molar-refractivity contribution in [2.75, 3.05) is 0 Å². The lowest BCUT2D eigenvalue weighted by Gasteiger charge is -2.12. The van der Waals surface area contributed by atoms with Gasteiger partial charge >= 0.3 is 0 Å². The number of fused-ring (bicyclic) bond motifs is 8. The average molecular weight is 380 g/mol. The fraction of sp³-hybridized carbons (Fsp3) is 0.133. The third-order valence-corrected chi connectivity index (χ3v) is 7.66. The summed E-state index contributed by atoms with van der Waals surface area (Å²) in [6, 6.07) is 19.4. The molecule has 0 saturated carbocycles. The Morgan fingerprint density at radius 3 is 1.37 bits per heavy atom. The molecule has 4 aliphatic carbocycles. The van der Waals surface area contributed by atoms with E-state index in [0.29, 0.717) is 0 Å². The summed E-state index contributed by atoms with van der Waals surface area (Å²) in [5.74, 6) is 0. The van der Waals surface area contributed by atoms with Gasteiger partial charge in [0.05, 0.1) is 0 Å². The van der Waals surface area contributed by atoms with Crippen LogP contribution in [0.3, 0.4) is 0 Å². The van der Waals surface area contributed by atoms with Crippen LogP contribution in [0.5, 0.6) is 0 Å². The maximum atomic E-state index is 2.46. The van der Waals surface area contributed by atoms with Gasteiger partial charge in [0.1, 0.15) is 0 Å². The van der Waals surface area contributed by atoms with E-state index in [4.69, 9.17) is 0 Å². The second kappa shape index (κ2) is 5.21. The molecule has 0 radical (unpaired) electrons. The minimum Gasteiger partial charge on any atom is -0.0795 e. The number of hydrogen-bond acceptors (Lipinski definition) is 0. The van der Waals surface area contributed by atoms with E-state index in [-0.39, 0.29) is 0 Å². The molecule has 0 N–H and O–H groups in total. The lowest BCUT2D eigenvalue weighted by molar-refractivity contribution is 1.27. The summed E-state index contributed by atoms with van der Waals surface area (Å²) in [6.07, 6.45) is 13.4. The summed E-state index contributed by atoms with van der Waals surface area (Å²) in [4.78, 5) is 0. The van der Waals surface area contributed by atoms with Crippen molar-refractivity contribution >= 4 is 44.8 Å². The Hall–Kier alpha value is -3.38. The first kappa shape index (κ1) is 15.5. The molecule has 0 bridgehead atoms. The normalized spacial score (nSPS) is 17.1. The molecule has 0 fully saturated rings. The van der Waals surface area contributed by atoms with Gasteiger partial charge in [-0.1, -0.05) is 48.6 Å². The van der Waals surface area contributed by atoms with Gasteiger partial charge in [-0.15, -0.1) is 0 Å². The molecule has 0 aromatic heterocycles. The summed E-state index contributed by atoms with van der Waals surface area (Å²) in [5, 5.41) is 5.58. The van der Waals surface area contributed by atoms with E-state index in [1.807, 2.05) is 0 Å².